The van der Waals surface area contributed by atoms with Crippen molar-refractivity contribution in [3.05, 3.63) is 165 Å². The van der Waals surface area contributed by atoms with Crippen LogP contribution >= 0.6 is 0 Å². The normalized spacial score (nSPS) is 19.7. The predicted octanol–water partition coefficient (Wildman–Crippen LogP) is 20.2. The SMILES string of the molecule is COc1ccc(C(Nc2ncnc3c2ncn3[C@@H]2O[C@H](CC(CCC(C(=O)OC(C)(C)C)N(C(=O)OC(C)(C)C)C(=O)OC(C)(C)C)CN(Cc3cn([C@H]4C[C@H](O[Si](C)(C)C(C)(C)C)[C@@H](CO[Si](C)(C)C(C)(C)C)O4)c(=O)nc3OS(=O)(=O)c3c(C(C)C)cc(C(C)C)cc3C(C)C)C(=O)OC(C)(C)C)[C@H]3OC(C)(C)O[C@H]32)(c2ccccc2)c2ccccc2)cc1. The molecule has 3 fully saturated rings. The number of rotatable bonds is 30. The second-order valence-electron chi connectivity index (χ2n) is 42.1. The molecule has 6 heterocycles. The van der Waals surface area contributed by atoms with Gasteiger partial charge in [0, 0.05) is 19.2 Å². The Morgan fingerprint density at radius 1 is 0.627 bits per heavy atom. The largest absolute Gasteiger partial charge is 0.497 e. The number of carbonyl (C=O) groups excluding carboxylic acids is 4. The maximum Gasteiger partial charge on any atom is 0.420 e. The lowest BCUT2D eigenvalue weighted by molar-refractivity contribution is -0.198. The fourth-order valence-electron chi connectivity index (χ4n) is 15.5. The minimum absolute atomic E-state index is 0.0131. The van der Waals surface area contributed by atoms with E-state index in [2.05, 4.69) is 78.0 Å². The molecule has 2 unspecified atom stereocenters. The van der Waals surface area contributed by atoms with Gasteiger partial charge in [-0.25, -0.2) is 38.9 Å². The molecule has 3 saturated heterocycles. The van der Waals surface area contributed by atoms with Crippen molar-refractivity contribution >= 4 is 68.0 Å². The monoisotopic (exact) mass is 1800 g/mol. The van der Waals surface area contributed by atoms with Crippen LogP contribution in [-0.2, 0) is 73.7 Å². The van der Waals surface area contributed by atoms with Crippen LogP contribution in [0, 0.1) is 5.92 Å². The van der Waals surface area contributed by atoms with Gasteiger partial charge in [0.15, 0.2) is 45.6 Å². The zero-order valence-corrected chi connectivity index (χ0v) is 82.9. The molecular weight excluding hydrogens is 1660 g/mol. The summed E-state index contributed by atoms with van der Waals surface area (Å²) in [6, 6.07) is 29.9. The van der Waals surface area contributed by atoms with Gasteiger partial charge in [-0.05, 0) is 222 Å². The van der Waals surface area contributed by atoms with Gasteiger partial charge in [-0.15, -0.1) is 0 Å². The van der Waals surface area contributed by atoms with Crippen molar-refractivity contribution in [2.24, 2.45) is 5.92 Å². The fraction of sp³-hybridized carbons (Fsp3) is 0.611. The number of imide groups is 1. The number of ether oxygens (including phenoxy) is 9. The van der Waals surface area contributed by atoms with E-state index < -0.39 is 158 Å². The minimum atomic E-state index is -4.97. The number of aromatic nitrogens is 6. The fourth-order valence-corrected chi connectivity index (χ4v) is 19.4. The van der Waals surface area contributed by atoms with Crippen molar-refractivity contribution in [1.29, 1.82) is 0 Å². The summed E-state index contributed by atoms with van der Waals surface area (Å²) in [7, 11) is -8.40. The van der Waals surface area contributed by atoms with E-state index in [1.54, 1.807) is 115 Å². The molecule has 28 nitrogen and oxygen atoms in total. The number of benzene rings is 4. The lowest BCUT2D eigenvalue weighted by atomic mass is 9.77. The van der Waals surface area contributed by atoms with E-state index in [9.17, 15) is 9.59 Å². The van der Waals surface area contributed by atoms with Gasteiger partial charge < -0.3 is 65.9 Å². The van der Waals surface area contributed by atoms with E-state index >= 15 is 22.8 Å². The van der Waals surface area contributed by atoms with E-state index in [0.29, 0.717) is 38.8 Å². The first-order chi connectivity index (χ1) is 58.1. The van der Waals surface area contributed by atoms with Gasteiger partial charge in [-0.1, -0.05) is 168 Å². The van der Waals surface area contributed by atoms with Crippen LogP contribution in [0.2, 0.25) is 36.3 Å². The number of carbonyl (C=O) groups is 4. The van der Waals surface area contributed by atoms with Gasteiger partial charge in [0.05, 0.1) is 44.4 Å². The Bertz CT molecular complexity index is 5060. The zero-order valence-electron chi connectivity index (χ0n) is 80.1. The molecule has 3 aromatic heterocycles. The Balaban J connectivity index is 1.16. The van der Waals surface area contributed by atoms with Gasteiger partial charge in [0.1, 0.15) is 75.5 Å². The highest BCUT2D eigenvalue weighted by Gasteiger charge is 2.58. The average Bonchev–Trinajstić information content (AvgIpc) is 1.55. The lowest BCUT2D eigenvalue weighted by Crippen LogP contribution is -2.53. The van der Waals surface area contributed by atoms with Crippen LogP contribution < -0.4 is 19.9 Å². The summed E-state index contributed by atoms with van der Waals surface area (Å²) in [6.07, 6.45) is -5.46. The Morgan fingerprint density at radius 2 is 1.15 bits per heavy atom. The Morgan fingerprint density at radius 3 is 1.66 bits per heavy atom. The molecule has 9 atom stereocenters. The van der Waals surface area contributed by atoms with Crippen molar-refractivity contribution in [1.82, 2.24) is 38.9 Å². The number of nitrogens with zero attached hydrogens (tertiary/aromatic N) is 8. The number of fused-ring (bicyclic) bond motifs is 2. The number of amides is 3. The van der Waals surface area contributed by atoms with Crippen molar-refractivity contribution in [2.45, 2.75) is 354 Å². The molecule has 7 aromatic rings. The molecule has 3 aliphatic rings. The number of anilines is 1. The summed E-state index contributed by atoms with van der Waals surface area (Å²) in [6.45, 7) is 55.7. The molecular formula is C95H139N9O19SSi2. The van der Waals surface area contributed by atoms with Gasteiger partial charge in [0.2, 0.25) is 5.88 Å². The standard InChI is InChI=1S/C95H139N9O19SSi2/c1-58(2)62-49-68(59(3)4)78(69(50-62)60(5)6)124(110,111)122-81-63(54-102(84(106)99-81)74-51-71(123-126(30,31)93(22,23)24)73(114-74)55-113-125(28,29)92(19,20)21)53-101(85(107)119-89(10,11)12)52-61(42-47-70(83(105)118-88(7,8)9)104(86(108)120-90(13,14)15)87(109)121-91(16,17)18)48-72-76-77(117-94(25,26)116-76)82(115-72)103-57-98-75-79(96-56-97-80(75)103)100-95(64-38-34-32-35-39-64,65-40-36-33-37-41-65)66-43-45-67(112-27)46-44-66/h32-41,43-46,49-50,54,56-61,70-74,76-77,82H,42,47-48,51-53,55H2,1-31H3,(H,96,97,100)/t61?,70?,71-,72+,73+,74+,76+,77+,82+/m0/s1. The molecule has 0 bridgehead atoms. The van der Waals surface area contributed by atoms with Crippen LogP contribution in [0.1, 0.15) is 275 Å². The van der Waals surface area contributed by atoms with Crippen molar-refractivity contribution in [3.63, 3.8) is 0 Å². The predicted molar refractivity (Wildman–Crippen MR) is 489 cm³/mol. The highest BCUT2D eigenvalue weighted by atomic mass is 32.2. The smallest absolute Gasteiger partial charge is 0.420 e. The summed E-state index contributed by atoms with van der Waals surface area (Å²) < 4.78 is 114. The van der Waals surface area contributed by atoms with Crippen molar-refractivity contribution < 1.29 is 83.3 Å². The first kappa shape index (κ1) is 99.5. The molecule has 126 heavy (non-hydrogen) atoms. The summed E-state index contributed by atoms with van der Waals surface area (Å²) in [4.78, 5) is 98.2. The molecule has 0 aliphatic carbocycles. The van der Waals surface area contributed by atoms with Gasteiger partial charge in [0.25, 0.3) is 0 Å². The second kappa shape index (κ2) is 37.8. The third-order valence-electron chi connectivity index (χ3n) is 23.7. The van der Waals surface area contributed by atoms with E-state index in [1.807, 2.05) is 139 Å². The van der Waals surface area contributed by atoms with E-state index in [1.165, 1.54) is 22.0 Å². The molecule has 0 saturated carbocycles. The summed E-state index contributed by atoms with van der Waals surface area (Å²) in [5, 5.41) is 3.44. The molecule has 31 heteroatoms. The summed E-state index contributed by atoms with van der Waals surface area (Å²) in [5.74, 6) is -3.44. The van der Waals surface area contributed by atoms with Crippen LogP contribution in [0.15, 0.2) is 126 Å². The van der Waals surface area contributed by atoms with Crippen LogP contribution in [0.3, 0.4) is 0 Å². The number of methoxy groups -OCH3 is 1. The highest BCUT2D eigenvalue weighted by Crippen LogP contribution is 2.50. The Kier molecular flexibility index (Phi) is 29.8. The number of esters is 1. The number of nitrogens with one attached hydrogen (secondary N) is 1. The molecule has 0 radical (unpaired) electrons. The Labute approximate surface area is 748 Å². The molecule has 10 rings (SSSR count). The van der Waals surface area contributed by atoms with Crippen LogP contribution in [0.5, 0.6) is 11.6 Å². The Hall–Kier alpha value is -8.67. The zero-order chi connectivity index (χ0) is 93.5. The number of hydrogen-bond donors (Lipinski definition) is 1. The van der Waals surface area contributed by atoms with Gasteiger partial charge in [-0.2, -0.15) is 18.3 Å². The average molecular weight is 1800 g/mol. The van der Waals surface area contributed by atoms with Gasteiger partial charge >= 0.3 is 40.1 Å². The van der Waals surface area contributed by atoms with Crippen molar-refractivity contribution in [2.75, 3.05) is 25.6 Å². The van der Waals surface area contributed by atoms with Gasteiger partial charge in [-0.3, -0.25) is 9.13 Å². The summed E-state index contributed by atoms with van der Waals surface area (Å²) >= 11 is 0. The number of hydrogen-bond acceptors (Lipinski definition) is 24. The van der Waals surface area contributed by atoms with Crippen LogP contribution in [0.25, 0.3) is 11.2 Å². The molecule has 0 spiro atoms. The maximum absolute atomic E-state index is 16.0. The number of imidazole rings is 1. The topological polar surface area (TPSA) is 310 Å². The molecule has 3 amide bonds. The third-order valence-corrected chi connectivity index (χ3v) is 34.1. The van der Waals surface area contributed by atoms with E-state index in [-0.39, 0.29) is 77.1 Å². The van der Waals surface area contributed by atoms with Crippen LogP contribution in [0.4, 0.5) is 20.2 Å². The molecule has 1 N–H and O–H groups in total. The van der Waals surface area contributed by atoms with E-state index in [0.717, 1.165) is 22.3 Å². The molecule has 692 valence electrons. The third kappa shape index (κ3) is 23.7. The van der Waals surface area contributed by atoms with E-state index in [4.69, 9.17) is 70.6 Å². The minimum Gasteiger partial charge on any atom is -0.497 e. The first-order valence-electron chi connectivity index (χ1n) is 44.0. The summed E-state index contributed by atoms with van der Waals surface area (Å²) in [5.41, 5.74) is -1.63. The van der Waals surface area contributed by atoms with Crippen LogP contribution in [-0.4, -0.2) is 173 Å². The maximum atomic E-state index is 16.0. The lowest BCUT2D eigenvalue weighted by Gasteiger charge is -2.40. The highest BCUT2D eigenvalue weighted by molar-refractivity contribution is 7.87. The van der Waals surface area contributed by atoms with Crippen molar-refractivity contribution in [3.8, 4) is 11.6 Å². The molecule has 3 aliphatic heterocycles. The first-order valence-corrected chi connectivity index (χ1v) is 51.2. The second-order valence-corrected chi connectivity index (χ2v) is 53.1. The molecule has 4 aromatic carbocycles. The quantitative estimate of drug-likeness (QED) is 0.0144.